The number of nitrogens with one attached hydrogen (secondary N) is 2. The van der Waals surface area contributed by atoms with Crippen molar-refractivity contribution in [3.05, 3.63) is 58.3 Å². The third-order valence-corrected chi connectivity index (χ3v) is 3.74. The number of anilines is 1. The summed E-state index contributed by atoms with van der Waals surface area (Å²) in [5.41, 5.74) is 0.948. The van der Waals surface area contributed by atoms with Gasteiger partial charge in [-0.05, 0) is 42.3 Å². The summed E-state index contributed by atoms with van der Waals surface area (Å²) in [6.07, 6.45) is 0.565. The molecule has 0 bridgehead atoms. The van der Waals surface area contributed by atoms with Crippen molar-refractivity contribution in [2.45, 2.75) is 6.42 Å². The van der Waals surface area contributed by atoms with Crippen LogP contribution >= 0.6 is 15.9 Å². The predicted molar refractivity (Wildman–Crippen MR) is 92.4 cm³/mol. The van der Waals surface area contributed by atoms with Crippen molar-refractivity contribution in [1.82, 2.24) is 5.32 Å². The van der Waals surface area contributed by atoms with Crippen molar-refractivity contribution in [2.24, 2.45) is 0 Å². The number of benzene rings is 2. The van der Waals surface area contributed by atoms with E-state index in [-0.39, 0.29) is 5.69 Å². The van der Waals surface area contributed by atoms with Gasteiger partial charge in [-0.1, -0.05) is 28.1 Å². The summed E-state index contributed by atoms with van der Waals surface area (Å²) in [4.78, 5) is 23.5. The summed E-state index contributed by atoms with van der Waals surface area (Å²) in [5.74, 6) is -1.60. The van der Waals surface area contributed by atoms with Gasteiger partial charge in [0.05, 0.1) is 12.8 Å². The maximum absolute atomic E-state index is 13.6. The molecule has 0 radical (unpaired) electrons. The van der Waals surface area contributed by atoms with Gasteiger partial charge in [-0.2, -0.15) is 0 Å². The zero-order valence-electron chi connectivity index (χ0n) is 12.9. The molecule has 2 amide bonds. The number of carbonyl (C=O) groups excluding carboxylic acids is 2. The van der Waals surface area contributed by atoms with Gasteiger partial charge in [0.25, 0.3) is 0 Å². The summed E-state index contributed by atoms with van der Waals surface area (Å²) in [6, 6.07) is 11.5. The number of rotatable bonds is 5. The molecule has 2 N–H and O–H groups in total. The number of halogens is 2. The molecule has 2 aromatic carbocycles. The first-order valence-electron chi connectivity index (χ1n) is 7.17. The summed E-state index contributed by atoms with van der Waals surface area (Å²) in [5, 5.41) is 4.73. The van der Waals surface area contributed by atoms with E-state index in [0.29, 0.717) is 17.4 Å². The normalized spacial score (nSPS) is 10.1. The van der Waals surface area contributed by atoms with Crippen LogP contribution in [-0.2, 0) is 16.0 Å². The second-order valence-electron chi connectivity index (χ2n) is 4.93. The number of hydrogen-bond acceptors (Lipinski definition) is 3. The van der Waals surface area contributed by atoms with Gasteiger partial charge >= 0.3 is 11.8 Å². The van der Waals surface area contributed by atoms with Crippen LogP contribution in [0.4, 0.5) is 10.1 Å². The molecular formula is C17H16BrFN2O3. The maximum Gasteiger partial charge on any atom is 0.313 e. The third kappa shape index (κ3) is 5.06. The fourth-order valence-corrected chi connectivity index (χ4v) is 2.30. The monoisotopic (exact) mass is 394 g/mol. The minimum atomic E-state index is -0.911. The van der Waals surface area contributed by atoms with Gasteiger partial charge in [0.2, 0.25) is 0 Å². The van der Waals surface area contributed by atoms with Crippen molar-refractivity contribution < 1.29 is 18.7 Å². The van der Waals surface area contributed by atoms with Crippen LogP contribution in [0.1, 0.15) is 5.56 Å². The Bertz CT molecular complexity index is 735. The Morgan fingerprint density at radius 2 is 1.83 bits per heavy atom. The number of methoxy groups -OCH3 is 1. The highest BCUT2D eigenvalue weighted by atomic mass is 79.9. The van der Waals surface area contributed by atoms with E-state index in [9.17, 15) is 14.0 Å². The van der Waals surface area contributed by atoms with E-state index in [1.165, 1.54) is 12.1 Å². The van der Waals surface area contributed by atoms with E-state index in [1.54, 1.807) is 13.2 Å². The highest BCUT2D eigenvalue weighted by Gasteiger charge is 2.15. The van der Waals surface area contributed by atoms with E-state index in [1.807, 2.05) is 24.3 Å². The molecule has 0 fully saturated rings. The van der Waals surface area contributed by atoms with Crippen LogP contribution in [0.3, 0.4) is 0 Å². The zero-order valence-corrected chi connectivity index (χ0v) is 14.5. The van der Waals surface area contributed by atoms with Crippen molar-refractivity contribution in [1.29, 1.82) is 0 Å². The van der Waals surface area contributed by atoms with Gasteiger partial charge < -0.3 is 15.4 Å². The second kappa shape index (κ2) is 8.44. The molecule has 0 aliphatic heterocycles. The van der Waals surface area contributed by atoms with Crippen LogP contribution in [0.2, 0.25) is 0 Å². The SMILES string of the molecule is COc1ccc(CCNC(=O)C(=O)Nc2ccc(Br)cc2F)cc1. The molecule has 7 heteroatoms. The smallest absolute Gasteiger partial charge is 0.313 e. The second-order valence-corrected chi connectivity index (χ2v) is 5.85. The molecule has 0 spiro atoms. The Balaban J connectivity index is 1.81. The summed E-state index contributed by atoms with van der Waals surface area (Å²) in [7, 11) is 1.59. The fraction of sp³-hybridized carbons (Fsp3) is 0.176. The molecule has 2 aromatic rings. The standard InChI is InChI=1S/C17H16BrFN2O3/c1-24-13-5-2-11(3-6-13)8-9-20-16(22)17(23)21-15-7-4-12(18)10-14(15)19/h2-7,10H,8-9H2,1H3,(H,20,22)(H,21,23). The first kappa shape index (κ1) is 17.9. The van der Waals surface area contributed by atoms with Crippen molar-refractivity contribution in [2.75, 3.05) is 19.0 Å². The molecule has 0 unspecified atom stereocenters. The lowest BCUT2D eigenvalue weighted by Crippen LogP contribution is -2.36. The fourth-order valence-electron chi connectivity index (χ4n) is 1.96. The topological polar surface area (TPSA) is 67.4 Å². The first-order chi connectivity index (χ1) is 11.5. The average Bonchev–Trinajstić information content (AvgIpc) is 2.57. The van der Waals surface area contributed by atoms with E-state index >= 15 is 0 Å². The van der Waals surface area contributed by atoms with Gasteiger partial charge in [0.15, 0.2) is 0 Å². The van der Waals surface area contributed by atoms with Crippen molar-refractivity contribution in [3.63, 3.8) is 0 Å². The first-order valence-corrected chi connectivity index (χ1v) is 7.96. The zero-order chi connectivity index (χ0) is 17.5. The van der Waals surface area contributed by atoms with Crippen LogP contribution in [0, 0.1) is 5.82 Å². The van der Waals surface area contributed by atoms with Crippen molar-refractivity contribution in [3.8, 4) is 5.75 Å². The quantitative estimate of drug-likeness (QED) is 0.766. The van der Waals surface area contributed by atoms with E-state index < -0.39 is 17.6 Å². The van der Waals surface area contributed by atoms with Crippen molar-refractivity contribution >= 4 is 33.4 Å². The largest absolute Gasteiger partial charge is 0.497 e. The molecule has 0 atom stereocenters. The van der Waals surface area contributed by atoms with Crippen LogP contribution in [-0.4, -0.2) is 25.5 Å². The highest BCUT2D eigenvalue weighted by molar-refractivity contribution is 9.10. The van der Waals surface area contributed by atoms with E-state index in [0.717, 1.165) is 11.3 Å². The van der Waals surface area contributed by atoms with E-state index in [4.69, 9.17) is 4.74 Å². The molecular weight excluding hydrogens is 379 g/mol. The molecule has 2 rings (SSSR count). The lowest BCUT2D eigenvalue weighted by atomic mass is 10.1. The Hall–Kier alpha value is -2.41. The number of amides is 2. The summed E-state index contributed by atoms with van der Waals surface area (Å²) >= 11 is 3.12. The van der Waals surface area contributed by atoms with Crippen LogP contribution in [0.25, 0.3) is 0 Å². The Kier molecular flexibility index (Phi) is 6.31. The van der Waals surface area contributed by atoms with Crippen LogP contribution in [0.5, 0.6) is 5.75 Å². The molecule has 5 nitrogen and oxygen atoms in total. The van der Waals surface area contributed by atoms with Gasteiger partial charge in [-0.25, -0.2) is 4.39 Å². The van der Waals surface area contributed by atoms with Gasteiger partial charge in [-0.15, -0.1) is 0 Å². The molecule has 24 heavy (non-hydrogen) atoms. The highest BCUT2D eigenvalue weighted by Crippen LogP contribution is 2.19. The lowest BCUT2D eigenvalue weighted by Gasteiger charge is -2.08. The van der Waals surface area contributed by atoms with Gasteiger partial charge in [0, 0.05) is 11.0 Å². The predicted octanol–water partition coefficient (Wildman–Crippen LogP) is 2.89. The third-order valence-electron chi connectivity index (χ3n) is 3.24. The van der Waals surface area contributed by atoms with Gasteiger partial charge in [0.1, 0.15) is 11.6 Å². The number of hydrogen-bond donors (Lipinski definition) is 2. The van der Waals surface area contributed by atoms with Crippen LogP contribution in [0.15, 0.2) is 46.9 Å². The molecule has 0 saturated heterocycles. The average molecular weight is 395 g/mol. The summed E-state index contributed by atoms with van der Waals surface area (Å²) < 4.78 is 19.2. The van der Waals surface area contributed by atoms with Crippen LogP contribution < -0.4 is 15.4 Å². The molecule has 0 heterocycles. The lowest BCUT2D eigenvalue weighted by molar-refractivity contribution is -0.136. The van der Waals surface area contributed by atoms with E-state index in [2.05, 4.69) is 26.6 Å². The molecule has 126 valence electrons. The minimum absolute atomic E-state index is 0.0477. The molecule has 0 aliphatic rings. The Labute approximate surface area is 147 Å². The molecule has 0 aliphatic carbocycles. The number of carbonyl (C=O) groups is 2. The molecule has 0 saturated carbocycles. The Morgan fingerprint density at radius 1 is 1.12 bits per heavy atom. The molecule has 0 aromatic heterocycles. The minimum Gasteiger partial charge on any atom is -0.497 e. The van der Waals surface area contributed by atoms with Gasteiger partial charge in [-0.3, -0.25) is 9.59 Å². The summed E-state index contributed by atoms with van der Waals surface area (Å²) in [6.45, 7) is 0.293. The maximum atomic E-state index is 13.6. The number of ether oxygens (including phenoxy) is 1. The Morgan fingerprint density at radius 3 is 2.46 bits per heavy atom.